The van der Waals surface area contributed by atoms with Crippen LogP contribution in [0.4, 0.5) is 11.5 Å². The molecule has 0 bridgehead atoms. The Morgan fingerprint density at radius 3 is 2.68 bits per heavy atom. The van der Waals surface area contributed by atoms with Gasteiger partial charge < -0.3 is 4.74 Å². The molecule has 0 N–H and O–H groups in total. The molecule has 2 heterocycles. The van der Waals surface area contributed by atoms with Gasteiger partial charge >= 0.3 is 5.97 Å². The molecule has 0 unspecified atom stereocenters. The fourth-order valence-electron chi connectivity index (χ4n) is 2.14. The zero-order valence-electron chi connectivity index (χ0n) is 13.5. The van der Waals surface area contributed by atoms with E-state index >= 15 is 0 Å². The van der Waals surface area contributed by atoms with Gasteiger partial charge in [-0.15, -0.1) is 0 Å². The lowest BCUT2D eigenvalue weighted by Gasteiger charge is -2.13. The fraction of sp³-hybridized carbons (Fsp3) is 0.111. The van der Waals surface area contributed by atoms with Crippen LogP contribution in [-0.4, -0.2) is 28.6 Å². The SMILES string of the molecule is CCOC(=O)C=C1SC(=Nc2ccccc2)N(c2ccccn2)C1=O. The largest absolute Gasteiger partial charge is 0.463 e. The van der Waals surface area contributed by atoms with Crippen molar-refractivity contribution >= 4 is 40.3 Å². The quantitative estimate of drug-likeness (QED) is 0.623. The lowest BCUT2D eigenvalue weighted by molar-refractivity contribution is -0.137. The monoisotopic (exact) mass is 353 g/mol. The summed E-state index contributed by atoms with van der Waals surface area (Å²) < 4.78 is 4.89. The number of amidine groups is 1. The molecule has 0 atom stereocenters. The van der Waals surface area contributed by atoms with E-state index in [2.05, 4.69) is 9.98 Å². The first-order valence-electron chi connectivity index (χ1n) is 7.64. The second-order valence-electron chi connectivity index (χ2n) is 4.92. The molecule has 0 spiro atoms. The first-order chi connectivity index (χ1) is 12.2. The van der Waals surface area contributed by atoms with Gasteiger partial charge in [0.25, 0.3) is 5.91 Å². The van der Waals surface area contributed by atoms with Gasteiger partial charge in [-0.3, -0.25) is 4.79 Å². The van der Waals surface area contributed by atoms with Crippen molar-refractivity contribution in [2.75, 3.05) is 11.5 Å². The molecular weight excluding hydrogens is 338 g/mol. The summed E-state index contributed by atoms with van der Waals surface area (Å²) in [5.74, 6) is -0.464. The number of carbonyl (C=O) groups excluding carboxylic acids is 2. The average molecular weight is 353 g/mol. The van der Waals surface area contributed by atoms with Crippen LogP contribution in [-0.2, 0) is 14.3 Å². The van der Waals surface area contributed by atoms with E-state index in [0.717, 1.165) is 11.8 Å². The van der Waals surface area contributed by atoms with Crippen molar-refractivity contribution in [2.45, 2.75) is 6.92 Å². The number of carbonyl (C=O) groups is 2. The van der Waals surface area contributed by atoms with Crippen LogP contribution in [0.2, 0.25) is 0 Å². The summed E-state index contributed by atoms with van der Waals surface area (Å²) in [6.07, 6.45) is 2.79. The van der Waals surface area contributed by atoms with Gasteiger partial charge in [0, 0.05) is 12.3 Å². The van der Waals surface area contributed by atoms with Crippen molar-refractivity contribution in [3.05, 3.63) is 65.7 Å². The van der Waals surface area contributed by atoms with Crippen LogP contribution in [0.5, 0.6) is 0 Å². The number of ether oxygens (including phenoxy) is 1. The lowest BCUT2D eigenvalue weighted by atomic mass is 10.3. The topological polar surface area (TPSA) is 71.9 Å². The molecule has 0 aliphatic carbocycles. The first kappa shape index (κ1) is 16.9. The molecule has 0 radical (unpaired) electrons. The zero-order valence-corrected chi connectivity index (χ0v) is 14.3. The maximum absolute atomic E-state index is 12.8. The maximum atomic E-state index is 12.8. The van der Waals surface area contributed by atoms with Crippen molar-refractivity contribution in [3.63, 3.8) is 0 Å². The number of anilines is 1. The van der Waals surface area contributed by atoms with Gasteiger partial charge in [-0.2, -0.15) is 0 Å². The molecule has 126 valence electrons. The number of thioether (sulfide) groups is 1. The Kier molecular flexibility index (Phi) is 5.25. The Labute approximate surface area is 149 Å². The number of aliphatic imine (C=N–C) groups is 1. The van der Waals surface area contributed by atoms with Crippen molar-refractivity contribution in [1.82, 2.24) is 4.98 Å². The summed E-state index contributed by atoms with van der Waals surface area (Å²) in [5, 5.41) is 0.436. The Hall–Kier alpha value is -2.93. The Morgan fingerprint density at radius 1 is 1.24 bits per heavy atom. The molecule has 6 nitrogen and oxygen atoms in total. The number of nitrogens with zero attached hydrogens (tertiary/aromatic N) is 3. The van der Waals surface area contributed by atoms with Crippen molar-refractivity contribution in [2.24, 2.45) is 4.99 Å². The fourth-order valence-corrected chi connectivity index (χ4v) is 3.09. The number of rotatable bonds is 4. The summed E-state index contributed by atoms with van der Waals surface area (Å²) in [6.45, 7) is 1.96. The summed E-state index contributed by atoms with van der Waals surface area (Å²) in [7, 11) is 0. The van der Waals surface area contributed by atoms with Gasteiger partial charge in [-0.1, -0.05) is 24.3 Å². The predicted molar refractivity (Wildman–Crippen MR) is 97.6 cm³/mol. The van der Waals surface area contributed by atoms with Crippen LogP contribution >= 0.6 is 11.8 Å². The highest BCUT2D eigenvalue weighted by Crippen LogP contribution is 2.35. The van der Waals surface area contributed by atoms with Gasteiger partial charge in [-0.05, 0) is 43.0 Å². The third-order valence-corrected chi connectivity index (χ3v) is 4.17. The normalized spacial score (nSPS) is 17.3. The van der Waals surface area contributed by atoms with E-state index in [1.165, 1.54) is 11.0 Å². The van der Waals surface area contributed by atoms with Crippen LogP contribution in [0.25, 0.3) is 0 Å². The van der Waals surface area contributed by atoms with E-state index in [1.54, 1.807) is 31.3 Å². The molecule has 3 rings (SSSR count). The van der Waals surface area contributed by atoms with E-state index in [-0.39, 0.29) is 17.4 Å². The lowest BCUT2D eigenvalue weighted by Crippen LogP contribution is -2.29. The van der Waals surface area contributed by atoms with E-state index in [9.17, 15) is 9.59 Å². The molecule has 1 saturated heterocycles. The van der Waals surface area contributed by atoms with Gasteiger partial charge in [-0.25, -0.2) is 19.7 Å². The molecule has 1 aliphatic rings. The number of hydrogen-bond acceptors (Lipinski definition) is 6. The third kappa shape index (κ3) is 3.95. The smallest absolute Gasteiger partial charge is 0.332 e. The summed E-state index contributed by atoms with van der Waals surface area (Å²) in [4.78, 5) is 34.9. The minimum absolute atomic E-state index is 0.246. The van der Waals surface area contributed by atoms with Gasteiger partial charge in [0.1, 0.15) is 5.82 Å². The number of para-hydroxylation sites is 1. The van der Waals surface area contributed by atoms with Crippen molar-refractivity contribution in [3.8, 4) is 0 Å². The van der Waals surface area contributed by atoms with Crippen LogP contribution < -0.4 is 4.90 Å². The van der Waals surface area contributed by atoms with E-state index in [4.69, 9.17) is 4.74 Å². The highest BCUT2D eigenvalue weighted by atomic mass is 32.2. The van der Waals surface area contributed by atoms with E-state index < -0.39 is 5.97 Å². The van der Waals surface area contributed by atoms with Gasteiger partial charge in [0.2, 0.25) is 0 Å². The van der Waals surface area contributed by atoms with Crippen LogP contribution in [0, 0.1) is 0 Å². The van der Waals surface area contributed by atoms with Crippen molar-refractivity contribution < 1.29 is 14.3 Å². The van der Waals surface area contributed by atoms with Crippen molar-refractivity contribution in [1.29, 1.82) is 0 Å². The van der Waals surface area contributed by atoms with Crippen LogP contribution in [0.3, 0.4) is 0 Å². The summed E-state index contributed by atoms with van der Waals surface area (Å²) in [5.41, 5.74) is 0.705. The van der Waals surface area contributed by atoms with Gasteiger partial charge in [0.05, 0.1) is 17.2 Å². The second-order valence-corrected chi connectivity index (χ2v) is 5.93. The molecule has 1 fully saturated rings. The first-order valence-corrected chi connectivity index (χ1v) is 8.46. The number of hydrogen-bond donors (Lipinski definition) is 0. The standard InChI is InChI=1S/C18H15N3O3S/c1-2-24-16(22)12-14-17(23)21(15-10-6-7-11-19-15)18(25-14)20-13-8-4-3-5-9-13/h3-12H,2H2,1H3. The molecule has 2 aromatic rings. The molecule has 1 aromatic heterocycles. The minimum atomic E-state index is -0.555. The molecule has 0 saturated carbocycles. The number of aromatic nitrogens is 1. The summed E-state index contributed by atoms with van der Waals surface area (Å²) >= 11 is 1.12. The Bertz CT molecular complexity index is 835. The highest BCUT2D eigenvalue weighted by Gasteiger charge is 2.36. The highest BCUT2D eigenvalue weighted by molar-refractivity contribution is 8.19. The van der Waals surface area contributed by atoms with Crippen LogP contribution in [0.1, 0.15) is 6.92 Å². The van der Waals surface area contributed by atoms with Crippen LogP contribution in [0.15, 0.2) is 70.7 Å². The number of amides is 1. The number of esters is 1. The number of pyridine rings is 1. The molecule has 1 aromatic carbocycles. The Balaban J connectivity index is 2.00. The second kappa shape index (κ2) is 7.76. The average Bonchev–Trinajstić information content (AvgIpc) is 2.92. The summed E-state index contributed by atoms with van der Waals surface area (Å²) in [6, 6.07) is 14.5. The molecule has 1 aliphatic heterocycles. The zero-order chi connectivity index (χ0) is 17.6. The molecule has 7 heteroatoms. The maximum Gasteiger partial charge on any atom is 0.332 e. The predicted octanol–water partition coefficient (Wildman–Crippen LogP) is 3.30. The molecular formula is C18H15N3O3S. The minimum Gasteiger partial charge on any atom is -0.463 e. The van der Waals surface area contributed by atoms with E-state index in [0.29, 0.717) is 16.7 Å². The van der Waals surface area contributed by atoms with E-state index in [1.807, 2.05) is 30.3 Å². The number of benzene rings is 1. The third-order valence-electron chi connectivity index (χ3n) is 3.20. The Morgan fingerprint density at radius 2 is 2.00 bits per heavy atom. The molecule has 1 amide bonds. The molecule has 25 heavy (non-hydrogen) atoms. The van der Waals surface area contributed by atoms with Gasteiger partial charge in [0.15, 0.2) is 5.17 Å².